The van der Waals surface area contributed by atoms with E-state index in [1.165, 1.54) is 27.5 Å². The molecule has 3 nitrogen and oxygen atoms in total. The quantitative estimate of drug-likeness (QED) is 0.304. The van der Waals surface area contributed by atoms with Crippen molar-refractivity contribution in [1.29, 1.82) is 0 Å². The molecule has 0 amide bonds. The van der Waals surface area contributed by atoms with E-state index in [4.69, 9.17) is 15.0 Å². The summed E-state index contributed by atoms with van der Waals surface area (Å²) in [6, 6.07) is 29.6. The van der Waals surface area contributed by atoms with Crippen LogP contribution >= 0.6 is 0 Å². The Balaban J connectivity index is 1.53. The van der Waals surface area contributed by atoms with Gasteiger partial charge in [0, 0.05) is 16.7 Å². The van der Waals surface area contributed by atoms with Crippen LogP contribution in [0.4, 0.5) is 0 Å². The third-order valence-electron chi connectivity index (χ3n) is 6.23. The van der Waals surface area contributed by atoms with Crippen LogP contribution in [0.3, 0.4) is 0 Å². The number of hydrogen-bond acceptors (Lipinski definition) is 3. The van der Waals surface area contributed by atoms with Gasteiger partial charge in [-0.3, -0.25) is 0 Å². The number of rotatable bonds is 3. The average molecular weight is 426 g/mol. The van der Waals surface area contributed by atoms with Gasteiger partial charge in [0.15, 0.2) is 17.5 Å². The van der Waals surface area contributed by atoms with Crippen LogP contribution < -0.4 is 0 Å². The zero-order valence-corrected chi connectivity index (χ0v) is 18.5. The topological polar surface area (TPSA) is 38.7 Å². The lowest BCUT2D eigenvalue weighted by molar-refractivity contribution is 0.985. The number of aryl methyl sites for hydroxylation is 2. The van der Waals surface area contributed by atoms with Gasteiger partial charge in [0.25, 0.3) is 0 Å². The van der Waals surface area contributed by atoms with E-state index in [-0.39, 0.29) is 0 Å². The fraction of sp³-hybridized carbons (Fsp3) is 0.100. The van der Waals surface area contributed by atoms with Crippen molar-refractivity contribution >= 4 is 16.8 Å². The highest BCUT2D eigenvalue weighted by atomic mass is 15.0. The highest BCUT2D eigenvalue weighted by Crippen LogP contribution is 2.29. The SMILES string of the molecule is Cc1ccc(-c2nc(-c3ccc4c(c3)C=CCC4)nc(-c3ccc4ccccc4c3)n2)cc1. The molecule has 158 valence electrons. The van der Waals surface area contributed by atoms with E-state index < -0.39 is 0 Å². The third kappa shape index (κ3) is 3.83. The maximum absolute atomic E-state index is 4.93. The summed E-state index contributed by atoms with van der Waals surface area (Å²) in [4.78, 5) is 14.7. The number of nitrogens with zero attached hydrogens (tertiary/aromatic N) is 3. The van der Waals surface area contributed by atoms with Gasteiger partial charge < -0.3 is 0 Å². The van der Waals surface area contributed by atoms with Crippen LogP contribution in [0.5, 0.6) is 0 Å². The van der Waals surface area contributed by atoms with E-state index in [1.54, 1.807) is 0 Å². The highest BCUT2D eigenvalue weighted by molar-refractivity contribution is 5.86. The van der Waals surface area contributed by atoms with Gasteiger partial charge in [0.05, 0.1) is 0 Å². The lowest BCUT2D eigenvalue weighted by Crippen LogP contribution is -2.01. The number of aromatic nitrogens is 3. The Hall–Kier alpha value is -4.11. The van der Waals surface area contributed by atoms with Crippen molar-refractivity contribution in [2.45, 2.75) is 19.8 Å². The van der Waals surface area contributed by atoms with E-state index in [9.17, 15) is 0 Å². The molecule has 0 spiro atoms. The van der Waals surface area contributed by atoms with Crippen molar-refractivity contribution in [3.8, 4) is 34.2 Å². The molecule has 0 aliphatic heterocycles. The molecule has 3 heteroatoms. The van der Waals surface area contributed by atoms with Crippen LogP contribution in [0.2, 0.25) is 0 Å². The molecule has 0 fully saturated rings. The maximum Gasteiger partial charge on any atom is 0.164 e. The molecule has 5 aromatic rings. The molecule has 33 heavy (non-hydrogen) atoms. The smallest absolute Gasteiger partial charge is 0.164 e. The standard InChI is InChI=1S/C30H23N3/c1-20-10-12-23(13-11-20)28-31-29(26-16-14-21-6-2-4-8-24(21)18-26)33-30(32-28)27-17-15-22-7-3-5-9-25(22)19-27/h2,4-6,8-19H,3,7H2,1H3. The number of benzene rings is 4. The highest BCUT2D eigenvalue weighted by Gasteiger charge is 2.14. The van der Waals surface area contributed by atoms with E-state index in [0.29, 0.717) is 17.5 Å². The summed E-state index contributed by atoms with van der Waals surface area (Å²) < 4.78 is 0. The van der Waals surface area contributed by atoms with Gasteiger partial charge in [-0.1, -0.05) is 90.5 Å². The molecule has 4 aromatic carbocycles. The van der Waals surface area contributed by atoms with Crippen LogP contribution in [-0.4, -0.2) is 15.0 Å². The lowest BCUT2D eigenvalue weighted by atomic mass is 9.95. The fourth-order valence-electron chi connectivity index (χ4n) is 4.36. The molecule has 1 aliphatic carbocycles. The Morgan fingerprint density at radius 1 is 0.606 bits per heavy atom. The van der Waals surface area contributed by atoms with Crippen molar-refractivity contribution in [2.75, 3.05) is 0 Å². The summed E-state index contributed by atoms with van der Waals surface area (Å²) in [7, 11) is 0. The minimum Gasteiger partial charge on any atom is -0.208 e. The van der Waals surface area contributed by atoms with Crippen molar-refractivity contribution in [1.82, 2.24) is 15.0 Å². The summed E-state index contributed by atoms with van der Waals surface area (Å²) in [5.74, 6) is 2.08. The van der Waals surface area contributed by atoms with Gasteiger partial charge in [0.1, 0.15) is 0 Å². The van der Waals surface area contributed by atoms with Crippen LogP contribution in [0, 0.1) is 6.92 Å². The zero-order chi connectivity index (χ0) is 22.2. The number of fused-ring (bicyclic) bond motifs is 2. The predicted molar refractivity (Wildman–Crippen MR) is 136 cm³/mol. The third-order valence-corrected chi connectivity index (χ3v) is 6.23. The van der Waals surface area contributed by atoms with Gasteiger partial charge in [-0.2, -0.15) is 0 Å². The van der Waals surface area contributed by atoms with E-state index in [2.05, 4.69) is 104 Å². The van der Waals surface area contributed by atoms with E-state index >= 15 is 0 Å². The minimum absolute atomic E-state index is 0.689. The summed E-state index contributed by atoms with van der Waals surface area (Å²) in [6.45, 7) is 2.09. The largest absolute Gasteiger partial charge is 0.208 e. The van der Waals surface area contributed by atoms with Gasteiger partial charge in [0.2, 0.25) is 0 Å². The van der Waals surface area contributed by atoms with E-state index in [0.717, 1.165) is 29.5 Å². The molecule has 0 N–H and O–H groups in total. The Morgan fingerprint density at radius 3 is 2.03 bits per heavy atom. The first-order valence-electron chi connectivity index (χ1n) is 11.4. The molecule has 1 aliphatic rings. The summed E-state index contributed by atoms with van der Waals surface area (Å²) in [5, 5.41) is 2.38. The number of allylic oxidation sites excluding steroid dienone is 1. The van der Waals surface area contributed by atoms with Crippen LogP contribution in [0.25, 0.3) is 51.0 Å². The summed E-state index contributed by atoms with van der Waals surface area (Å²) in [6.07, 6.45) is 6.62. The van der Waals surface area contributed by atoms with Crippen molar-refractivity contribution in [3.63, 3.8) is 0 Å². The predicted octanol–water partition coefficient (Wildman–Crippen LogP) is 7.29. The first kappa shape index (κ1) is 19.6. The molecule has 0 saturated carbocycles. The second-order valence-corrected chi connectivity index (χ2v) is 8.59. The van der Waals surface area contributed by atoms with Crippen molar-refractivity contribution in [2.24, 2.45) is 0 Å². The Bertz CT molecular complexity index is 1510. The van der Waals surface area contributed by atoms with E-state index in [1.807, 2.05) is 0 Å². The lowest BCUT2D eigenvalue weighted by Gasteiger charge is -2.13. The molecule has 0 radical (unpaired) electrons. The molecule has 0 saturated heterocycles. The van der Waals surface area contributed by atoms with Crippen molar-refractivity contribution in [3.05, 3.63) is 108 Å². The van der Waals surface area contributed by atoms with Crippen LogP contribution in [-0.2, 0) is 6.42 Å². The maximum atomic E-state index is 4.93. The minimum atomic E-state index is 0.689. The molecule has 6 rings (SSSR count). The average Bonchev–Trinajstić information content (AvgIpc) is 2.88. The fourth-order valence-corrected chi connectivity index (χ4v) is 4.36. The first-order valence-corrected chi connectivity index (χ1v) is 11.4. The molecule has 1 heterocycles. The monoisotopic (exact) mass is 425 g/mol. The molecule has 0 atom stereocenters. The Labute approximate surface area is 193 Å². The van der Waals surface area contributed by atoms with Crippen LogP contribution in [0.15, 0.2) is 91.0 Å². The Kier molecular flexibility index (Phi) is 4.80. The molecular formula is C30H23N3. The Morgan fingerprint density at radius 2 is 1.24 bits per heavy atom. The first-order chi connectivity index (χ1) is 16.2. The second kappa shape index (κ2) is 8.10. The molecule has 0 unspecified atom stereocenters. The van der Waals surface area contributed by atoms with Crippen LogP contribution in [0.1, 0.15) is 23.1 Å². The zero-order valence-electron chi connectivity index (χ0n) is 18.5. The van der Waals surface area contributed by atoms with Crippen molar-refractivity contribution < 1.29 is 0 Å². The molecular weight excluding hydrogens is 402 g/mol. The summed E-state index contributed by atoms with van der Waals surface area (Å²) in [5.41, 5.74) is 6.84. The van der Waals surface area contributed by atoms with Gasteiger partial charge in [-0.25, -0.2) is 15.0 Å². The number of hydrogen-bond donors (Lipinski definition) is 0. The summed E-state index contributed by atoms with van der Waals surface area (Å²) >= 11 is 0. The van der Waals surface area contributed by atoms with Gasteiger partial charge in [-0.05, 0) is 53.8 Å². The molecule has 0 bridgehead atoms. The normalized spacial score (nSPS) is 12.6. The van der Waals surface area contributed by atoms with Gasteiger partial charge in [-0.15, -0.1) is 0 Å². The molecule has 1 aromatic heterocycles. The second-order valence-electron chi connectivity index (χ2n) is 8.59. The van der Waals surface area contributed by atoms with Gasteiger partial charge >= 0.3 is 0 Å².